The van der Waals surface area contributed by atoms with E-state index in [4.69, 9.17) is 5.14 Å². The molecule has 1 heterocycles. The average Bonchev–Trinajstić information content (AvgIpc) is 3.19. The fourth-order valence-corrected chi connectivity index (χ4v) is 3.88. The van der Waals surface area contributed by atoms with Gasteiger partial charge in [-0.1, -0.05) is 42.5 Å². The number of carbonyl (C=O) groups is 1. The van der Waals surface area contributed by atoms with Crippen molar-refractivity contribution >= 4 is 21.6 Å². The van der Waals surface area contributed by atoms with E-state index < -0.39 is 22.0 Å². The molecule has 1 amide bonds. The van der Waals surface area contributed by atoms with Crippen LogP contribution in [0.3, 0.4) is 0 Å². The highest BCUT2D eigenvalue weighted by Gasteiger charge is 2.33. The Labute approximate surface area is 173 Å². The molecule has 0 fully saturated rings. The van der Waals surface area contributed by atoms with Crippen molar-refractivity contribution in [1.29, 1.82) is 0 Å². The minimum Gasteiger partial charge on any atom is -0.267 e. The van der Waals surface area contributed by atoms with Gasteiger partial charge in [0.25, 0.3) is 5.91 Å². The van der Waals surface area contributed by atoms with Gasteiger partial charge in [0.2, 0.25) is 10.0 Å². The van der Waals surface area contributed by atoms with E-state index in [1.54, 1.807) is 12.1 Å². The highest BCUT2D eigenvalue weighted by molar-refractivity contribution is 7.89. The molecule has 0 aromatic heterocycles. The van der Waals surface area contributed by atoms with Crippen LogP contribution < -0.4 is 5.14 Å². The molecule has 1 aliphatic rings. The minimum absolute atomic E-state index is 0.0796. The number of sulfonamides is 1. The molecule has 1 atom stereocenters. The molecule has 4 rings (SSSR count). The highest BCUT2D eigenvalue weighted by Crippen LogP contribution is 2.34. The van der Waals surface area contributed by atoms with Crippen molar-refractivity contribution in [2.24, 2.45) is 10.2 Å². The molecule has 0 spiro atoms. The highest BCUT2D eigenvalue weighted by atomic mass is 32.2. The molecule has 1 aliphatic heterocycles. The van der Waals surface area contributed by atoms with Crippen molar-refractivity contribution in [3.8, 4) is 0 Å². The standard InChI is InChI=1S/C22H18FN3O3S/c23-18-10-6-16(7-11-18)21-14-20(15-4-2-1-3-5-15)25-26(21)22(27)17-8-12-19(13-9-17)30(24,28)29/h1-13,21H,14H2,(H2,24,28,29). The third-order valence-corrected chi connectivity index (χ3v) is 5.84. The molecule has 0 aliphatic carbocycles. The maximum atomic E-state index is 13.4. The van der Waals surface area contributed by atoms with Gasteiger partial charge in [-0.15, -0.1) is 0 Å². The molecule has 0 saturated heterocycles. The topological polar surface area (TPSA) is 92.8 Å². The second-order valence-electron chi connectivity index (χ2n) is 6.90. The van der Waals surface area contributed by atoms with Crippen molar-refractivity contribution < 1.29 is 17.6 Å². The monoisotopic (exact) mass is 423 g/mol. The second kappa shape index (κ2) is 7.81. The largest absolute Gasteiger partial charge is 0.274 e. The number of rotatable bonds is 4. The summed E-state index contributed by atoms with van der Waals surface area (Å²) < 4.78 is 36.3. The number of primary sulfonamides is 1. The smallest absolute Gasteiger partial charge is 0.267 e. The van der Waals surface area contributed by atoms with Crippen LogP contribution in [0.25, 0.3) is 0 Å². The maximum Gasteiger partial charge on any atom is 0.274 e. The van der Waals surface area contributed by atoms with E-state index in [-0.39, 0.29) is 16.3 Å². The molecule has 2 N–H and O–H groups in total. The Kier molecular flexibility index (Phi) is 5.19. The van der Waals surface area contributed by atoms with Crippen molar-refractivity contribution in [1.82, 2.24) is 5.01 Å². The number of halogens is 1. The summed E-state index contributed by atoms with van der Waals surface area (Å²) in [4.78, 5) is 13.1. The average molecular weight is 423 g/mol. The SMILES string of the molecule is NS(=O)(=O)c1ccc(C(=O)N2N=C(c3ccccc3)CC2c2ccc(F)cc2)cc1. The summed E-state index contributed by atoms with van der Waals surface area (Å²) in [6.07, 6.45) is 0.469. The van der Waals surface area contributed by atoms with Gasteiger partial charge in [0.05, 0.1) is 16.6 Å². The van der Waals surface area contributed by atoms with Crippen LogP contribution >= 0.6 is 0 Å². The Morgan fingerprint density at radius 2 is 1.60 bits per heavy atom. The van der Waals surface area contributed by atoms with Gasteiger partial charge in [-0.25, -0.2) is 23.0 Å². The Morgan fingerprint density at radius 1 is 0.967 bits per heavy atom. The van der Waals surface area contributed by atoms with Gasteiger partial charge in [-0.2, -0.15) is 5.10 Å². The van der Waals surface area contributed by atoms with Crippen molar-refractivity contribution in [3.05, 3.63) is 101 Å². The van der Waals surface area contributed by atoms with Crippen molar-refractivity contribution in [3.63, 3.8) is 0 Å². The molecule has 30 heavy (non-hydrogen) atoms. The van der Waals surface area contributed by atoms with Gasteiger partial charge in [-0.3, -0.25) is 4.79 Å². The second-order valence-corrected chi connectivity index (χ2v) is 8.46. The number of benzene rings is 3. The Morgan fingerprint density at radius 3 is 2.20 bits per heavy atom. The van der Waals surface area contributed by atoms with Crippen LogP contribution in [0.4, 0.5) is 4.39 Å². The lowest BCUT2D eigenvalue weighted by molar-refractivity contribution is 0.0711. The molecular weight excluding hydrogens is 405 g/mol. The first-order valence-electron chi connectivity index (χ1n) is 9.18. The molecule has 1 unspecified atom stereocenters. The van der Waals surface area contributed by atoms with Gasteiger partial charge in [0, 0.05) is 12.0 Å². The number of hydrogen-bond acceptors (Lipinski definition) is 4. The number of nitrogens with zero attached hydrogens (tertiary/aromatic N) is 2. The zero-order valence-electron chi connectivity index (χ0n) is 15.8. The number of nitrogens with two attached hydrogens (primary N) is 1. The zero-order chi connectivity index (χ0) is 21.3. The van der Waals surface area contributed by atoms with Gasteiger partial charge >= 0.3 is 0 Å². The first-order chi connectivity index (χ1) is 14.3. The van der Waals surface area contributed by atoms with Gasteiger partial charge in [-0.05, 0) is 47.5 Å². The summed E-state index contributed by atoms with van der Waals surface area (Å²) in [5, 5.41) is 11.0. The maximum absolute atomic E-state index is 13.4. The van der Waals surface area contributed by atoms with Crippen LogP contribution in [-0.4, -0.2) is 25.0 Å². The van der Waals surface area contributed by atoms with Crippen molar-refractivity contribution in [2.45, 2.75) is 17.4 Å². The van der Waals surface area contributed by atoms with Crippen LogP contribution in [0.2, 0.25) is 0 Å². The van der Waals surface area contributed by atoms with E-state index >= 15 is 0 Å². The molecule has 152 valence electrons. The molecule has 0 saturated carbocycles. The van der Waals surface area contributed by atoms with Crippen LogP contribution in [0, 0.1) is 5.82 Å². The molecule has 0 radical (unpaired) electrons. The van der Waals surface area contributed by atoms with Gasteiger partial charge in [0.15, 0.2) is 0 Å². The van der Waals surface area contributed by atoms with E-state index in [0.29, 0.717) is 6.42 Å². The summed E-state index contributed by atoms with van der Waals surface area (Å²) in [6, 6.07) is 20.4. The summed E-state index contributed by atoms with van der Waals surface area (Å²) >= 11 is 0. The molecule has 3 aromatic carbocycles. The van der Waals surface area contributed by atoms with E-state index in [1.807, 2.05) is 30.3 Å². The quantitative estimate of drug-likeness (QED) is 0.696. The molecule has 6 nitrogen and oxygen atoms in total. The van der Waals surface area contributed by atoms with Crippen LogP contribution in [0.15, 0.2) is 88.9 Å². The van der Waals surface area contributed by atoms with E-state index in [2.05, 4.69) is 5.10 Å². The molecular formula is C22H18FN3O3S. The Balaban J connectivity index is 1.71. The lowest BCUT2D eigenvalue weighted by atomic mass is 9.98. The third kappa shape index (κ3) is 4.00. The van der Waals surface area contributed by atoms with Crippen LogP contribution in [0.1, 0.15) is 33.9 Å². The summed E-state index contributed by atoms with van der Waals surface area (Å²) in [6.45, 7) is 0. The van der Waals surface area contributed by atoms with Crippen molar-refractivity contribution in [2.75, 3.05) is 0 Å². The predicted octanol–water partition coefficient (Wildman–Crippen LogP) is 3.46. The number of carbonyl (C=O) groups excluding carboxylic acids is 1. The fraction of sp³-hybridized carbons (Fsp3) is 0.0909. The summed E-state index contributed by atoms with van der Waals surface area (Å²) in [5.41, 5.74) is 2.65. The summed E-state index contributed by atoms with van der Waals surface area (Å²) in [7, 11) is -3.85. The first kappa shape index (κ1) is 19.9. The Bertz CT molecular complexity index is 1210. The van der Waals surface area contributed by atoms with Gasteiger partial charge < -0.3 is 0 Å². The number of hydrogen-bond donors (Lipinski definition) is 1. The third-order valence-electron chi connectivity index (χ3n) is 4.91. The summed E-state index contributed by atoms with van der Waals surface area (Å²) in [5.74, 6) is -0.756. The van der Waals surface area contributed by atoms with E-state index in [1.165, 1.54) is 41.4 Å². The molecule has 8 heteroatoms. The lowest BCUT2D eigenvalue weighted by Crippen LogP contribution is -2.27. The minimum atomic E-state index is -3.85. The van der Waals surface area contributed by atoms with E-state index in [9.17, 15) is 17.6 Å². The Hall–Kier alpha value is -3.36. The van der Waals surface area contributed by atoms with Crippen LogP contribution in [0.5, 0.6) is 0 Å². The predicted molar refractivity (Wildman–Crippen MR) is 111 cm³/mol. The first-order valence-corrected chi connectivity index (χ1v) is 10.7. The molecule has 3 aromatic rings. The van der Waals surface area contributed by atoms with E-state index in [0.717, 1.165) is 16.8 Å². The fourth-order valence-electron chi connectivity index (χ4n) is 3.37. The molecule has 0 bridgehead atoms. The van der Waals surface area contributed by atoms with Gasteiger partial charge in [0.1, 0.15) is 5.82 Å². The zero-order valence-corrected chi connectivity index (χ0v) is 16.6. The normalized spacial score (nSPS) is 16.4. The van der Waals surface area contributed by atoms with Crippen LogP contribution in [-0.2, 0) is 10.0 Å². The lowest BCUT2D eigenvalue weighted by Gasteiger charge is -2.22. The number of hydrazone groups is 1. The number of amides is 1.